The molecule has 1 aliphatic heterocycles. The van der Waals surface area contributed by atoms with Crippen molar-refractivity contribution in [3.05, 3.63) is 0 Å². The van der Waals surface area contributed by atoms with Crippen LogP contribution in [-0.2, 0) is 12.5 Å². The molecule has 78 valence electrons. The lowest BCUT2D eigenvalue weighted by atomic mass is 10.2. The van der Waals surface area contributed by atoms with E-state index in [4.69, 9.17) is 12.5 Å². The van der Waals surface area contributed by atoms with Crippen LogP contribution in [-0.4, -0.2) is 55.9 Å². The summed E-state index contributed by atoms with van der Waals surface area (Å²) in [5.41, 5.74) is 0. The van der Waals surface area contributed by atoms with Crippen LogP contribution in [0.3, 0.4) is 0 Å². The van der Waals surface area contributed by atoms with Gasteiger partial charge in [0.25, 0.3) is 0 Å². The molecule has 1 N–H and O–H groups in total. The van der Waals surface area contributed by atoms with Crippen molar-refractivity contribution in [2.75, 3.05) is 33.4 Å². The van der Waals surface area contributed by atoms with Crippen LogP contribution >= 0.6 is 23.0 Å². The molecule has 0 radical (unpaired) electrons. The zero-order valence-electron chi connectivity index (χ0n) is 7.48. The van der Waals surface area contributed by atoms with Gasteiger partial charge in [-0.1, -0.05) is 0 Å². The second-order valence-corrected chi connectivity index (χ2v) is 3.36. The van der Waals surface area contributed by atoms with E-state index in [-0.39, 0.29) is 6.10 Å². The topological polar surface area (TPSA) is 51.2 Å². The van der Waals surface area contributed by atoms with Crippen LogP contribution in [0.2, 0.25) is 0 Å². The van der Waals surface area contributed by atoms with Crippen LogP contribution < -0.4 is 0 Å². The number of ether oxygens (including phenoxy) is 2. The minimum absolute atomic E-state index is 0.223. The minimum Gasteiger partial charge on any atom is -0.382 e. The summed E-state index contributed by atoms with van der Waals surface area (Å²) >= 11 is 1.86. The van der Waals surface area contributed by atoms with Crippen LogP contribution in [0.15, 0.2) is 0 Å². The number of hydrogen-bond donors (Lipinski definition) is 1. The van der Waals surface area contributed by atoms with Gasteiger partial charge < -0.3 is 17.6 Å². The Balaban J connectivity index is 2.01. The number of halogens is 1. The van der Waals surface area contributed by atoms with Gasteiger partial charge in [0.05, 0.1) is 19.3 Å². The summed E-state index contributed by atoms with van der Waals surface area (Å²) in [6, 6.07) is 0. The Bertz CT molecular complexity index is 142. The Labute approximate surface area is 91.6 Å². The van der Waals surface area contributed by atoms with Crippen molar-refractivity contribution in [2.45, 2.75) is 12.5 Å². The molecule has 1 unspecified atom stereocenters. The molecule has 0 saturated carbocycles. The molecule has 1 aliphatic rings. The quantitative estimate of drug-likeness (QED) is 0.424. The van der Waals surface area contributed by atoms with E-state index < -0.39 is 6.41 Å². The SMILES string of the molecule is COCCOC(O)N1CC(OI)C1. The Morgan fingerprint density at radius 1 is 1.54 bits per heavy atom. The van der Waals surface area contributed by atoms with Gasteiger partial charge in [0.15, 0.2) is 0 Å². The molecular weight excluding hydrogens is 289 g/mol. The van der Waals surface area contributed by atoms with Crippen molar-refractivity contribution in [3.8, 4) is 0 Å². The average Bonchev–Trinajstić information content (AvgIpc) is 2.03. The highest BCUT2D eigenvalue weighted by Crippen LogP contribution is 2.16. The fourth-order valence-corrected chi connectivity index (χ4v) is 1.37. The molecule has 5 nitrogen and oxygen atoms in total. The van der Waals surface area contributed by atoms with Gasteiger partial charge in [0, 0.05) is 20.2 Å². The molecule has 0 spiro atoms. The van der Waals surface area contributed by atoms with Gasteiger partial charge in [-0.2, -0.15) is 0 Å². The average molecular weight is 303 g/mol. The lowest BCUT2D eigenvalue weighted by Crippen LogP contribution is -2.56. The normalized spacial score (nSPS) is 21.5. The van der Waals surface area contributed by atoms with E-state index in [1.54, 1.807) is 12.0 Å². The number of likely N-dealkylation sites (tertiary alicyclic amines) is 1. The van der Waals surface area contributed by atoms with E-state index in [9.17, 15) is 5.11 Å². The van der Waals surface area contributed by atoms with E-state index in [0.29, 0.717) is 13.2 Å². The highest BCUT2D eigenvalue weighted by atomic mass is 127. The summed E-state index contributed by atoms with van der Waals surface area (Å²) in [7, 11) is 1.60. The van der Waals surface area contributed by atoms with E-state index >= 15 is 0 Å². The molecule has 1 rings (SSSR count). The number of hydrogen-bond acceptors (Lipinski definition) is 5. The Morgan fingerprint density at radius 2 is 2.23 bits per heavy atom. The lowest BCUT2D eigenvalue weighted by molar-refractivity contribution is -0.228. The molecular formula is C7H14INO4. The molecule has 0 aromatic carbocycles. The predicted molar refractivity (Wildman–Crippen MR) is 54.3 cm³/mol. The highest BCUT2D eigenvalue weighted by Gasteiger charge is 2.32. The third-order valence-corrected chi connectivity index (χ3v) is 2.59. The third kappa shape index (κ3) is 3.64. The van der Waals surface area contributed by atoms with Crippen LogP contribution in [0.5, 0.6) is 0 Å². The van der Waals surface area contributed by atoms with Gasteiger partial charge in [0.2, 0.25) is 6.41 Å². The van der Waals surface area contributed by atoms with E-state index in [2.05, 4.69) is 0 Å². The molecule has 1 heterocycles. The van der Waals surface area contributed by atoms with E-state index in [0.717, 1.165) is 13.1 Å². The molecule has 0 aromatic rings. The van der Waals surface area contributed by atoms with Crippen molar-refractivity contribution in [1.29, 1.82) is 0 Å². The zero-order chi connectivity index (χ0) is 9.68. The van der Waals surface area contributed by atoms with Crippen molar-refractivity contribution < 1.29 is 17.6 Å². The maximum atomic E-state index is 9.40. The van der Waals surface area contributed by atoms with Gasteiger partial charge in [-0.25, -0.2) is 4.90 Å². The van der Waals surface area contributed by atoms with Crippen molar-refractivity contribution in [3.63, 3.8) is 0 Å². The number of nitrogens with zero attached hydrogens (tertiary/aromatic N) is 1. The summed E-state index contributed by atoms with van der Waals surface area (Å²) in [6.07, 6.45) is -0.598. The van der Waals surface area contributed by atoms with Crippen LogP contribution in [0, 0.1) is 0 Å². The molecule has 0 aromatic heterocycles. The molecule has 0 bridgehead atoms. The monoisotopic (exact) mass is 303 g/mol. The van der Waals surface area contributed by atoms with Gasteiger partial charge in [-0.3, -0.25) is 0 Å². The third-order valence-electron chi connectivity index (χ3n) is 1.87. The van der Waals surface area contributed by atoms with Gasteiger partial charge >= 0.3 is 0 Å². The first-order chi connectivity index (χ1) is 6.27. The smallest absolute Gasteiger partial charge is 0.216 e. The Hall–Kier alpha value is 0.530. The highest BCUT2D eigenvalue weighted by molar-refractivity contribution is 14.1. The molecule has 1 fully saturated rings. The van der Waals surface area contributed by atoms with Crippen molar-refractivity contribution >= 4 is 23.0 Å². The second kappa shape index (κ2) is 6.10. The zero-order valence-corrected chi connectivity index (χ0v) is 9.64. The first-order valence-electron chi connectivity index (χ1n) is 4.08. The van der Waals surface area contributed by atoms with E-state index in [1.807, 2.05) is 23.0 Å². The van der Waals surface area contributed by atoms with Crippen LogP contribution in [0.25, 0.3) is 0 Å². The fourth-order valence-electron chi connectivity index (χ4n) is 1.05. The Kier molecular flexibility index (Phi) is 5.44. The minimum atomic E-state index is -0.821. The van der Waals surface area contributed by atoms with Gasteiger partial charge in [0.1, 0.15) is 23.0 Å². The first kappa shape index (κ1) is 11.6. The number of aliphatic hydroxyl groups excluding tert-OH is 1. The van der Waals surface area contributed by atoms with Gasteiger partial charge in [-0.05, 0) is 0 Å². The largest absolute Gasteiger partial charge is 0.382 e. The van der Waals surface area contributed by atoms with Crippen molar-refractivity contribution in [1.82, 2.24) is 4.90 Å². The molecule has 13 heavy (non-hydrogen) atoms. The summed E-state index contributed by atoms with van der Waals surface area (Å²) in [4.78, 5) is 1.79. The summed E-state index contributed by atoms with van der Waals surface area (Å²) in [5, 5.41) is 9.40. The number of methoxy groups -OCH3 is 1. The van der Waals surface area contributed by atoms with Gasteiger partial charge in [-0.15, -0.1) is 0 Å². The maximum Gasteiger partial charge on any atom is 0.216 e. The summed E-state index contributed by atoms with van der Waals surface area (Å²) in [5.74, 6) is 0. The molecule has 0 amide bonds. The first-order valence-corrected chi connectivity index (χ1v) is 4.96. The molecule has 1 saturated heterocycles. The molecule has 1 atom stereocenters. The lowest BCUT2D eigenvalue weighted by Gasteiger charge is -2.39. The standard InChI is InChI=1S/C7H14INO4/c1-11-2-3-12-7(10)9-4-6(5-9)13-8/h6-7,10H,2-5H2,1H3. The number of aliphatic hydroxyl groups is 1. The maximum absolute atomic E-state index is 9.40. The second-order valence-electron chi connectivity index (χ2n) is 2.85. The number of rotatable bonds is 6. The van der Waals surface area contributed by atoms with Crippen LogP contribution in [0.1, 0.15) is 0 Å². The molecule has 0 aliphatic carbocycles. The predicted octanol–water partition coefficient (Wildman–Crippen LogP) is -0.0239. The summed E-state index contributed by atoms with van der Waals surface area (Å²) in [6.45, 7) is 2.34. The Morgan fingerprint density at radius 3 is 2.77 bits per heavy atom. The van der Waals surface area contributed by atoms with Crippen molar-refractivity contribution in [2.24, 2.45) is 0 Å². The van der Waals surface area contributed by atoms with E-state index in [1.165, 1.54) is 0 Å². The summed E-state index contributed by atoms with van der Waals surface area (Å²) < 4.78 is 14.9. The molecule has 6 heteroatoms. The fraction of sp³-hybridized carbons (Fsp3) is 1.00. The van der Waals surface area contributed by atoms with Crippen LogP contribution in [0.4, 0.5) is 0 Å².